The quantitative estimate of drug-likeness (QED) is 0.313. The second-order valence-electron chi connectivity index (χ2n) is 6.55. The molecule has 0 atom stereocenters. The summed E-state index contributed by atoms with van der Waals surface area (Å²) in [7, 11) is 2.09. The third kappa shape index (κ3) is 2.76. The summed E-state index contributed by atoms with van der Waals surface area (Å²) in [6.07, 6.45) is 0. The fourth-order valence-electron chi connectivity index (χ4n) is 3.65. The smallest absolute Gasteiger partial charge is 0.189 e. The molecule has 0 aliphatic rings. The zero-order valence-corrected chi connectivity index (χ0v) is 15.5. The number of para-hydroxylation sites is 2. The van der Waals surface area contributed by atoms with E-state index in [-0.39, 0.29) is 6.79 Å². The second-order valence-corrected chi connectivity index (χ2v) is 6.55. The summed E-state index contributed by atoms with van der Waals surface area (Å²) >= 11 is 0. The van der Waals surface area contributed by atoms with Crippen LogP contribution in [-0.2, 0) is 4.74 Å². The molecule has 0 aliphatic carbocycles. The molecular weight excluding hydrogens is 321 g/mol. The maximum atomic E-state index is 6.04. The van der Waals surface area contributed by atoms with E-state index in [4.69, 9.17) is 9.47 Å². The van der Waals surface area contributed by atoms with E-state index in [2.05, 4.69) is 80.0 Å². The van der Waals surface area contributed by atoms with Crippen LogP contribution in [0.3, 0.4) is 0 Å². The lowest BCUT2D eigenvalue weighted by molar-refractivity contribution is 0.0230. The van der Waals surface area contributed by atoms with Crippen LogP contribution in [0.25, 0.3) is 27.5 Å². The van der Waals surface area contributed by atoms with Crippen LogP contribution in [-0.4, -0.2) is 25.8 Å². The van der Waals surface area contributed by atoms with E-state index < -0.39 is 0 Å². The Kier molecular flexibility index (Phi) is 4.43. The van der Waals surface area contributed by atoms with Crippen LogP contribution < -0.4 is 10.2 Å². The molecule has 3 aromatic carbocycles. The predicted octanol–water partition coefficient (Wildman–Crippen LogP) is 3.72. The lowest BCUT2D eigenvalue weighted by Gasteiger charge is -2.18. The second kappa shape index (κ2) is 6.89. The normalized spacial score (nSPS) is 11.3. The number of ether oxygens (including phenoxy) is 2. The van der Waals surface area contributed by atoms with Gasteiger partial charge in [0.15, 0.2) is 6.79 Å². The minimum absolute atomic E-state index is 0.254. The van der Waals surface area contributed by atoms with Gasteiger partial charge in [0.1, 0.15) is 13.6 Å². The van der Waals surface area contributed by atoms with Crippen molar-refractivity contribution in [2.45, 2.75) is 13.8 Å². The highest BCUT2D eigenvalue weighted by Crippen LogP contribution is 2.34. The molecule has 0 N–H and O–H groups in total. The molecule has 26 heavy (non-hydrogen) atoms. The minimum atomic E-state index is 0.254. The van der Waals surface area contributed by atoms with Gasteiger partial charge in [0.05, 0.1) is 16.7 Å². The summed E-state index contributed by atoms with van der Waals surface area (Å²) in [4.78, 5) is 0. The summed E-state index contributed by atoms with van der Waals surface area (Å²) < 4.78 is 13.8. The highest BCUT2D eigenvalue weighted by atomic mass is 16.7. The van der Waals surface area contributed by atoms with E-state index >= 15 is 0 Å². The molecule has 0 bridgehead atoms. The van der Waals surface area contributed by atoms with Crippen molar-refractivity contribution >= 4 is 35.1 Å². The van der Waals surface area contributed by atoms with Crippen LogP contribution in [0.4, 0.5) is 0 Å². The number of aromatic nitrogens is 1. The Morgan fingerprint density at radius 1 is 0.923 bits per heavy atom. The molecule has 1 heterocycles. The summed E-state index contributed by atoms with van der Waals surface area (Å²) in [6.45, 7) is 4.98. The number of hydrogen-bond acceptors (Lipinski definition) is 2. The van der Waals surface area contributed by atoms with Crippen molar-refractivity contribution in [2.75, 3.05) is 13.4 Å². The summed E-state index contributed by atoms with van der Waals surface area (Å²) in [5.74, 6) is 0.871. The lowest BCUT2D eigenvalue weighted by atomic mass is 9.92. The topological polar surface area (TPSA) is 23.4 Å². The van der Waals surface area contributed by atoms with Crippen molar-refractivity contribution < 1.29 is 9.47 Å². The predicted molar refractivity (Wildman–Crippen MR) is 111 cm³/mol. The molecule has 4 rings (SSSR count). The molecule has 130 valence electrons. The van der Waals surface area contributed by atoms with Gasteiger partial charge in [-0.1, -0.05) is 42.5 Å². The van der Waals surface area contributed by atoms with Crippen LogP contribution in [0.1, 0.15) is 12.5 Å². The molecular formula is C22H22BNO2. The minimum Gasteiger partial charge on any atom is -0.466 e. The Morgan fingerprint density at radius 3 is 2.15 bits per heavy atom. The molecule has 0 saturated heterocycles. The van der Waals surface area contributed by atoms with Gasteiger partial charge in [0, 0.05) is 17.4 Å². The first kappa shape index (κ1) is 16.7. The zero-order chi connectivity index (χ0) is 18.1. The van der Waals surface area contributed by atoms with Crippen molar-refractivity contribution in [3.8, 4) is 11.4 Å². The number of benzene rings is 3. The first-order valence-electron chi connectivity index (χ1n) is 9.01. The molecule has 0 aliphatic heterocycles. The summed E-state index contributed by atoms with van der Waals surface area (Å²) in [5.41, 5.74) is 5.74. The van der Waals surface area contributed by atoms with Gasteiger partial charge < -0.3 is 14.0 Å². The zero-order valence-electron chi connectivity index (χ0n) is 15.5. The van der Waals surface area contributed by atoms with Crippen LogP contribution in [0.5, 0.6) is 5.75 Å². The van der Waals surface area contributed by atoms with Crippen molar-refractivity contribution in [1.82, 2.24) is 4.57 Å². The molecule has 0 radical (unpaired) electrons. The van der Waals surface area contributed by atoms with E-state index in [0.29, 0.717) is 6.61 Å². The van der Waals surface area contributed by atoms with E-state index in [0.717, 1.165) is 16.9 Å². The fourth-order valence-corrected chi connectivity index (χ4v) is 3.65. The van der Waals surface area contributed by atoms with Crippen molar-refractivity contribution in [2.24, 2.45) is 0 Å². The Bertz CT molecular complexity index is 1030. The molecule has 4 aromatic rings. The van der Waals surface area contributed by atoms with E-state index in [1.165, 1.54) is 27.4 Å². The number of fused-ring (bicyclic) bond motifs is 3. The van der Waals surface area contributed by atoms with Gasteiger partial charge in [-0.25, -0.2) is 0 Å². The Balaban J connectivity index is 2.03. The standard InChI is InChI=1S/C22H22BNO2/c1-3-25-14-26-22-18(23)12-15(2)13-21(22)24-19-10-6-4-8-16(19)17-9-5-7-11-20(17)24/h4-13H,3,14,23H2,1-2H3. The molecule has 0 unspecified atom stereocenters. The number of aryl methyl sites for hydroxylation is 1. The Hall–Kier alpha value is -2.72. The largest absolute Gasteiger partial charge is 0.466 e. The summed E-state index contributed by atoms with van der Waals surface area (Å²) in [6, 6.07) is 21.4. The Labute approximate surface area is 154 Å². The molecule has 0 amide bonds. The van der Waals surface area contributed by atoms with Gasteiger partial charge in [0.25, 0.3) is 0 Å². The number of nitrogens with zero attached hydrogens (tertiary/aromatic N) is 1. The van der Waals surface area contributed by atoms with Gasteiger partial charge in [-0.05, 0) is 43.1 Å². The average Bonchev–Trinajstić information content (AvgIpc) is 2.98. The van der Waals surface area contributed by atoms with E-state index in [9.17, 15) is 0 Å². The molecule has 3 nitrogen and oxygen atoms in total. The SMILES string of the molecule is Bc1cc(C)cc(-n2c3ccccc3c3ccccc32)c1OCOCC. The maximum Gasteiger partial charge on any atom is 0.189 e. The van der Waals surface area contributed by atoms with Gasteiger partial charge >= 0.3 is 0 Å². The van der Waals surface area contributed by atoms with Gasteiger partial charge in [0.2, 0.25) is 0 Å². The molecule has 4 heteroatoms. The third-order valence-electron chi connectivity index (χ3n) is 4.71. The van der Waals surface area contributed by atoms with Gasteiger partial charge in [-0.2, -0.15) is 0 Å². The fraction of sp³-hybridized carbons (Fsp3) is 0.182. The van der Waals surface area contributed by atoms with E-state index in [1.54, 1.807) is 0 Å². The molecule has 0 fully saturated rings. The van der Waals surface area contributed by atoms with Gasteiger partial charge in [-0.15, -0.1) is 0 Å². The molecule has 1 aromatic heterocycles. The van der Waals surface area contributed by atoms with Crippen LogP contribution in [0.15, 0.2) is 60.7 Å². The first-order valence-corrected chi connectivity index (χ1v) is 9.01. The van der Waals surface area contributed by atoms with Crippen molar-refractivity contribution in [3.05, 3.63) is 66.2 Å². The average molecular weight is 343 g/mol. The Morgan fingerprint density at radius 2 is 1.54 bits per heavy atom. The summed E-state index contributed by atoms with van der Waals surface area (Å²) in [5, 5.41) is 2.50. The molecule has 0 spiro atoms. The van der Waals surface area contributed by atoms with Crippen molar-refractivity contribution in [3.63, 3.8) is 0 Å². The highest BCUT2D eigenvalue weighted by Gasteiger charge is 2.16. The number of rotatable bonds is 5. The monoisotopic (exact) mass is 343 g/mol. The van der Waals surface area contributed by atoms with Crippen LogP contribution in [0.2, 0.25) is 0 Å². The first-order chi connectivity index (χ1) is 12.7. The molecule has 0 saturated carbocycles. The number of hydrogen-bond donors (Lipinski definition) is 0. The highest BCUT2D eigenvalue weighted by molar-refractivity contribution is 6.34. The maximum absolute atomic E-state index is 6.04. The van der Waals surface area contributed by atoms with Crippen LogP contribution >= 0.6 is 0 Å². The lowest BCUT2D eigenvalue weighted by Crippen LogP contribution is -2.16. The van der Waals surface area contributed by atoms with E-state index in [1.807, 2.05) is 6.92 Å². The third-order valence-corrected chi connectivity index (χ3v) is 4.71. The van der Waals surface area contributed by atoms with Gasteiger partial charge in [-0.3, -0.25) is 0 Å². The van der Waals surface area contributed by atoms with Crippen LogP contribution in [0, 0.1) is 6.92 Å². The van der Waals surface area contributed by atoms with Crippen molar-refractivity contribution in [1.29, 1.82) is 0 Å².